The molecule has 1 saturated heterocycles. The van der Waals surface area contributed by atoms with E-state index in [1.54, 1.807) is 11.4 Å². The molecule has 1 rings (SSSR count). The maximum atomic E-state index is 11.7. The van der Waals surface area contributed by atoms with Crippen molar-refractivity contribution < 1.29 is 8.42 Å². The smallest absolute Gasteiger partial charge is 0.215 e. The van der Waals surface area contributed by atoms with E-state index in [4.69, 9.17) is 0 Å². The van der Waals surface area contributed by atoms with Gasteiger partial charge in [0, 0.05) is 32.7 Å². The summed E-state index contributed by atoms with van der Waals surface area (Å²) >= 11 is 0. The minimum absolute atomic E-state index is 0.202. The van der Waals surface area contributed by atoms with Crippen LogP contribution in [0.15, 0.2) is 0 Å². The second-order valence-corrected chi connectivity index (χ2v) is 5.71. The third kappa shape index (κ3) is 3.20. The lowest BCUT2D eigenvalue weighted by Crippen LogP contribution is -2.48. The van der Waals surface area contributed by atoms with Crippen LogP contribution in [-0.2, 0) is 10.0 Å². The third-order valence-corrected chi connectivity index (χ3v) is 4.34. The van der Waals surface area contributed by atoms with Crippen molar-refractivity contribution in [2.45, 2.75) is 0 Å². The lowest BCUT2D eigenvalue weighted by atomic mass is 10.4. The molecule has 0 aliphatic carbocycles. The number of hydrogen-bond acceptors (Lipinski definition) is 4. The van der Waals surface area contributed by atoms with Crippen LogP contribution in [0.4, 0.5) is 0 Å². The fourth-order valence-electron chi connectivity index (χ4n) is 1.43. The summed E-state index contributed by atoms with van der Waals surface area (Å²) < 4.78 is 25.0. The van der Waals surface area contributed by atoms with E-state index < -0.39 is 10.0 Å². The van der Waals surface area contributed by atoms with Crippen molar-refractivity contribution in [3.8, 4) is 0 Å². The molecule has 6 heteroatoms. The Balaban J connectivity index is 2.47. The molecule has 1 aliphatic heterocycles. The van der Waals surface area contributed by atoms with Gasteiger partial charge in [0.1, 0.15) is 0 Å². The second kappa shape index (κ2) is 5.06. The topological polar surface area (TPSA) is 52.7 Å². The average molecular weight is 221 g/mol. The molecule has 0 amide bonds. The summed E-state index contributed by atoms with van der Waals surface area (Å²) in [5.41, 5.74) is 0. The molecule has 1 N–H and O–H groups in total. The van der Waals surface area contributed by atoms with Crippen LogP contribution < -0.4 is 5.32 Å². The maximum Gasteiger partial charge on any atom is 0.215 e. The van der Waals surface area contributed by atoms with E-state index in [1.165, 1.54) is 0 Å². The Morgan fingerprint density at radius 3 is 2.29 bits per heavy atom. The molecule has 0 unspecified atom stereocenters. The highest BCUT2D eigenvalue weighted by molar-refractivity contribution is 7.89. The Kier molecular flexibility index (Phi) is 4.31. The van der Waals surface area contributed by atoms with Crippen molar-refractivity contribution in [1.82, 2.24) is 14.5 Å². The second-order valence-electron chi connectivity index (χ2n) is 3.62. The van der Waals surface area contributed by atoms with E-state index in [0.29, 0.717) is 19.6 Å². The molecule has 14 heavy (non-hydrogen) atoms. The summed E-state index contributed by atoms with van der Waals surface area (Å²) in [5.74, 6) is 0.202. The minimum Gasteiger partial charge on any atom is -0.319 e. The first-order valence-corrected chi connectivity index (χ1v) is 6.48. The van der Waals surface area contributed by atoms with E-state index in [2.05, 4.69) is 10.2 Å². The Morgan fingerprint density at radius 1 is 1.21 bits per heavy atom. The molecule has 0 bridgehead atoms. The van der Waals surface area contributed by atoms with Gasteiger partial charge < -0.3 is 10.2 Å². The summed E-state index contributed by atoms with van der Waals surface area (Å²) in [6.45, 7) is 3.44. The summed E-state index contributed by atoms with van der Waals surface area (Å²) in [7, 11) is 0.750. The van der Waals surface area contributed by atoms with Crippen LogP contribution in [-0.4, -0.2) is 70.2 Å². The molecule has 5 nitrogen and oxygen atoms in total. The molecule has 0 saturated carbocycles. The summed E-state index contributed by atoms with van der Waals surface area (Å²) in [5, 5.41) is 2.86. The van der Waals surface area contributed by atoms with E-state index in [-0.39, 0.29) is 5.75 Å². The normalized spacial score (nSPS) is 21.3. The first kappa shape index (κ1) is 11.9. The van der Waals surface area contributed by atoms with E-state index in [0.717, 1.165) is 13.1 Å². The van der Waals surface area contributed by atoms with Crippen molar-refractivity contribution in [2.75, 3.05) is 52.6 Å². The van der Waals surface area contributed by atoms with Gasteiger partial charge in [-0.1, -0.05) is 0 Å². The van der Waals surface area contributed by atoms with Gasteiger partial charge in [-0.2, -0.15) is 4.31 Å². The lowest BCUT2D eigenvalue weighted by Gasteiger charge is -2.31. The zero-order valence-corrected chi connectivity index (χ0v) is 9.68. The van der Waals surface area contributed by atoms with Gasteiger partial charge in [0.25, 0.3) is 0 Å². The number of sulfonamides is 1. The fourth-order valence-corrected chi connectivity index (χ4v) is 2.87. The van der Waals surface area contributed by atoms with Crippen LogP contribution in [0.25, 0.3) is 0 Å². The van der Waals surface area contributed by atoms with Gasteiger partial charge in [-0.3, -0.25) is 0 Å². The number of nitrogens with zero attached hydrogens (tertiary/aromatic N) is 2. The van der Waals surface area contributed by atoms with Crippen molar-refractivity contribution in [2.24, 2.45) is 0 Å². The molecule has 0 spiro atoms. The molecule has 0 aromatic heterocycles. The lowest BCUT2D eigenvalue weighted by molar-refractivity contribution is 0.222. The predicted molar refractivity (Wildman–Crippen MR) is 56.8 cm³/mol. The molecular formula is C8H19N3O2S. The van der Waals surface area contributed by atoms with E-state index >= 15 is 0 Å². The number of rotatable bonds is 4. The molecule has 0 atom stereocenters. The Bertz CT molecular complexity index is 258. The van der Waals surface area contributed by atoms with Crippen LogP contribution >= 0.6 is 0 Å². The quantitative estimate of drug-likeness (QED) is 0.647. The van der Waals surface area contributed by atoms with Gasteiger partial charge in [-0.25, -0.2) is 8.42 Å². The van der Waals surface area contributed by atoms with Crippen molar-refractivity contribution in [3.63, 3.8) is 0 Å². The maximum absolute atomic E-state index is 11.7. The number of nitrogens with one attached hydrogen (secondary N) is 1. The molecule has 1 fully saturated rings. The molecule has 1 aliphatic rings. The minimum atomic E-state index is -3.02. The van der Waals surface area contributed by atoms with Crippen molar-refractivity contribution >= 4 is 10.0 Å². The fraction of sp³-hybridized carbons (Fsp3) is 1.00. The third-order valence-electron chi connectivity index (χ3n) is 2.47. The molecule has 0 aromatic rings. The Hall–Kier alpha value is -0.170. The van der Waals surface area contributed by atoms with Crippen LogP contribution in [0.5, 0.6) is 0 Å². The SMILES string of the molecule is CNCCS(=O)(=O)N1CCN(C)CC1. The van der Waals surface area contributed by atoms with E-state index in [9.17, 15) is 8.42 Å². The van der Waals surface area contributed by atoms with Gasteiger partial charge in [0.2, 0.25) is 10.0 Å². The number of likely N-dealkylation sites (N-methyl/N-ethyl adjacent to an activating group) is 1. The van der Waals surface area contributed by atoms with Gasteiger partial charge in [0.15, 0.2) is 0 Å². The summed E-state index contributed by atoms with van der Waals surface area (Å²) in [6, 6.07) is 0. The zero-order chi connectivity index (χ0) is 10.6. The predicted octanol–water partition coefficient (Wildman–Crippen LogP) is -1.22. The molecule has 0 aromatic carbocycles. The molecule has 0 radical (unpaired) electrons. The highest BCUT2D eigenvalue weighted by Gasteiger charge is 2.24. The zero-order valence-electron chi connectivity index (χ0n) is 8.86. The van der Waals surface area contributed by atoms with Crippen molar-refractivity contribution in [1.29, 1.82) is 0 Å². The average Bonchev–Trinajstić information content (AvgIpc) is 2.16. The summed E-state index contributed by atoms with van der Waals surface area (Å²) in [6.07, 6.45) is 0. The Labute approximate surface area is 86.1 Å². The molecule has 1 heterocycles. The molecule has 84 valence electrons. The largest absolute Gasteiger partial charge is 0.319 e. The first-order valence-electron chi connectivity index (χ1n) is 4.87. The van der Waals surface area contributed by atoms with Gasteiger partial charge in [0.05, 0.1) is 5.75 Å². The number of piperazine rings is 1. The van der Waals surface area contributed by atoms with Gasteiger partial charge in [-0.05, 0) is 14.1 Å². The van der Waals surface area contributed by atoms with Crippen LogP contribution in [0, 0.1) is 0 Å². The first-order chi connectivity index (χ1) is 6.56. The van der Waals surface area contributed by atoms with Crippen LogP contribution in [0.1, 0.15) is 0 Å². The van der Waals surface area contributed by atoms with Gasteiger partial charge >= 0.3 is 0 Å². The monoisotopic (exact) mass is 221 g/mol. The summed E-state index contributed by atoms with van der Waals surface area (Å²) in [4.78, 5) is 2.14. The van der Waals surface area contributed by atoms with Crippen LogP contribution in [0.2, 0.25) is 0 Å². The highest BCUT2D eigenvalue weighted by atomic mass is 32.2. The standard InChI is InChI=1S/C8H19N3O2S/c1-9-3-8-14(12,13)11-6-4-10(2)5-7-11/h9H,3-8H2,1-2H3. The molecular weight excluding hydrogens is 202 g/mol. The number of hydrogen-bond donors (Lipinski definition) is 1. The van der Waals surface area contributed by atoms with Crippen LogP contribution in [0.3, 0.4) is 0 Å². The van der Waals surface area contributed by atoms with Gasteiger partial charge in [-0.15, -0.1) is 0 Å². The van der Waals surface area contributed by atoms with E-state index in [1.807, 2.05) is 7.05 Å². The Morgan fingerprint density at radius 2 is 1.79 bits per heavy atom. The highest BCUT2D eigenvalue weighted by Crippen LogP contribution is 2.05. The van der Waals surface area contributed by atoms with Crippen molar-refractivity contribution in [3.05, 3.63) is 0 Å².